The van der Waals surface area contributed by atoms with Crippen molar-refractivity contribution in [2.24, 2.45) is 5.92 Å². The molecule has 1 aromatic heterocycles. The molecule has 2 unspecified atom stereocenters. The van der Waals surface area contributed by atoms with Gasteiger partial charge in [-0.25, -0.2) is 0 Å². The fourth-order valence-corrected chi connectivity index (χ4v) is 3.45. The smallest absolute Gasteiger partial charge is 0.226 e. The van der Waals surface area contributed by atoms with Gasteiger partial charge in [-0.2, -0.15) is 0 Å². The second-order valence-corrected chi connectivity index (χ2v) is 6.51. The molecule has 0 radical (unpaired) electrons. The Morgan fingerprint density at radius 1 is 1.28 bits per heavy atom. The van der Waals surface area contributed by atoms with Gasteiger partial charge in [0.15, 0.2) is 0 Å². The predicted molar refractivity (Wildman–Crippen MR) is 95.7 cm³/mol. The zero-order chi connectivity index (χ0) is 17.8. The summed E-state index contributed by atoms with van der Waals surface area (Å²) in [6, 6.07) is 11.7. The van der Waals surface area contributed by atoms with E-state index in [-0.39, 0.29) is 30.2 Å². The molecule has 2 amide bonds. The summed E-state index contributed by atoms with van der Waals surface area (Å²) in [6.07, 6.45) is 4.45. The van der Waals surface area contributed by atoms with Gasteiger partial charge < -0.3 is 10.2 Å². The third-order valence-electron chi connectivity index (χ3n) is 4.90. The van der Waals surface area contributed by atoms with E-state index in [0.717, 1.165) is 12.0 Å². The van der Waals surface area contributed by atoms with Crippen molar-refractivity contribution in [3.8, 4) is 0 Å². The summed E-state index contributed by atoms with van der Waals surface area (Å²) in [6.45, 7) is 2.64. The number of nitrogens with zero attached hydrogens (tertiary/aromatic N) is 2. The van der Waals surface area contributed by atoms with E-state index in [1.54, 1.807) is 24.3 Å². The normalized spacial score (nSPS) is 19.9. The molecular weight excluding hydrogens is 314 g/mol. The molecule has 1 saturated heterocycles. The number of hydrogen-bond acceptors (Lipinski definition) is 3. The van der Waals surface area contributed by atoms with E-state index in [9.17, 15) is 9.59 Å². The van der Waals surface area contributed by atoms with Crippen LogP contribution in [0.2, 0.25) is 0 Å². The highest BCUT2D eigenvalue weighted by atomic mass is 16.2. The van der Waals surface area contributed by atoms with Crippen molar-refractivity contribution in [3.63, 3.8) is 0 Å². The van der Waals surface area contributed by atoms with E-state index in [0.29, 0.717) is 6.54 Å². The van der Waals surface area contributed by atoms with Crippen molar-refractivity contribution in [2.75, 3.05) is 13.6 Å². The molecule has 1 fully saturated rings. The topological polar surface area (TPSA) is 62.3 Å². The molecule has 0 aliphatic carbocycles. The Kier molecular flexibility index (Phi) is 5.12. The Morgan fingerprint density at radius 3 is 2.80 bits per heavy atom. The third kappa shape index (κ3) is 3.71. The first-order valence-corrected chi connectivity index (χ1v) is 8.55. The molecule has 5 nitrogen and oxygen atoms in total. The number of nitrogens with one attached hydrogen (secondary N) is 1. The first-order chi connectivity index (χ1) is 12.1. The second kappa shape index (κ2) is 7.47. The van der Waals surface area contributed by atoms with Crippen molar-refractivity contribution >= 4 is 11.8 Å². The number of carbonyl (C=O) groups excluding carboxylic acids is 2. The standard InChI is InChI=1S/C20H23N3O2/c1-14-6-3-4-7-15(14)9-11-22-20(25)17-12-18(24)23(2)19(17)16-8-5-10-21-13-16/h3-8,10,13,17,19H,9,11-12H2,1-2H3,(H,22,25). The number of aryl methyl sites for hydroxylation is 1. The Balaban J connectivity index is 1.66. The minimum atomic E-state index is -0.376. The summed E-state index contributed by atoms with van der Waals surface area (Å²) in [4.78, 5) is 30.6. The molecule has 0 bridgehead atoms. The first kappa shape index (κ1) is 17.1. The van der Waals surface area contributed by atoms with Crippen LogP contribution in [0.4, 0.5) is 0 Å². The number of carbonyl (C=O) groups is 2. The lowest BCUT2D eigenvalue weighted by Gasteiger charge is -2.24. The highest BCUT2D eigenvalue weighted by Crippen LogP contribution is 2.36. The number of aromatic nitrogens is 1. The minimum absolute atomic E-state index is 0.00657. The monoisotopic (exact) mass is 337 g/mol. The van der Waals surface area contributed by atoms with E-state index in [1.807, 2.05) is 24.3 Å². The average molecular weight is 337 g/mol. The van der Waals surface area contributed by atoms with Crippen molar-refractivity contribution < 1.29 is 9.59 Å². The molecule has 1 N–H and O–H groups in total. The molecule has 1 aliphatic rings. The van der Waals surface area contributed by atoms with Gasteiger partial charge >= 0.3 is 0 Å². The summed E-state index contributed by atoms with van der Waals surface area (Å²) in [5.74, 6) is -0.452. The SMILES string of the molecule is Cc1ccccc1CCNC(=O)C1CC(=O)N(C)C1c1cccnc1. The molecule has 1 aromatic carbocycles. The number of amides is 2. The fraction of sp³-hybridized carbons (Fsp3) is 0.350. The highest BCUT2D eigenvalue weighted by molar-refractivity contribution is 5.90. The number of benzene rings is 1. The van der Waals surface area contributed by atoms with Gasteiger partial charge in [-0.3, -0.25) is 14.6 Å². The fourth-order valence-electron chi connectivity index (χ4n) is 3.45. The van der Waals surface area contributed by atoms with Crippen molar-refractivity contribution in [3.05, 3.63) is 65.5 Å². The van der Waals surface area contributed by atoms with Crippen LogP contribution < -0.4 is 5.32 Å². The van der Waals surface area contributed by atoms with Gasteiger partial charge in [-0.15, -0.1) is 0 Å². The van der Waals surface area contributed by atoms with Crippen molar-refractivity contribution in [1.29, 1.82) is 0 Å². The van der Waals surface area contributed by atoms with Gasteiger partial charge in [-0.1, -0.05) is 30.3 Å². The van der Waals surface area contributed by atoms with Crippen LogP contribution in [0.25, 0.3) is 0 Å². The molecule has 130 valence electrons. The maximum absolute atomic E-state index is 12.7. The molecule has 2 aromatic rings. The number of rotatable bonds is 5. The van der Waals surface area contributed by atoms with Gasteiger partial charge in [0.2, 0.25) is 11.8 Å². The minimum Gasteiger partial charge on any atom is -0.355 e. The Morgan fingerprint density at radius 2 is 2.08 bits per heavy atom. The summed E-state index contributed by atoms with van der Waals surface area (Å²) >= 11 is 0. The molecule has 1 aliphatic heterocycles. The highest BCUT2D eigenvalue weighted by Gasteiger charge is 2.42. The molecular formula is C20H23N3O2. The molecule has 25 heavy (non-hydrogen) atoms. The lowest BCUT2D eigenvalue weighted by Crippen LogP contribution is -2.35. The predicted octanol–water partition coefficient (Wildman–Crippen LogP) is 2.27. The summed E-state index contributed by atoms with van der Waals surface area (Å²) < 4.78 is 0. The van der Waals surface area contributed by atoms with E-state index in [2.05, 4.69) is 29.4 Å². The molecule has 2 atom stereocenters. The quantitative estimate of drug-likeness (QED) is 0.910. The second-order valence-electron chi connectivity index (χ2n) is 6.51. The molecule has 2 heterocycles. The van der Waals surface area contributed by atoms with Crippen LogP contribution in [0.5, 0.6) is 0 Å². The van der Waals surface area contributed by atoms with Crippen molar-refractivity contribution in [1.82, 2.24) is 15.2 Å². The lowest BCUT2D eigenvalue weighted by molar-refractivity contribution is -0.128. The number of pyridine rings is 1. The van der Waals surface area contributed by atoms with Gasteiger partial charge in [0, 0.05) is 32.4 Å². The van der Waals surface area contributed by atoms with Gasteiger partial charge in [0.05, 0.1) is 12.0 Å². The van der Waals surface area contributed by atoms with Crippen LogP contribution in [0.15, 0.2) is 48.8 Å². The van der Waals surface area contributed by atoms with Crippen LogP contribution in [-0.4, -0.2) is 35.3 Å². The third-order valence-corrected chi connectivity index (χ3v) is 4.90. The Hall–Kier alpha value is -2.69. The number of hydrogen-bond donors (Lipinski definition) is 1. The molecule has 3 rings (SSSR count). The van der Waals surface area contributed by atoms with E-state index in [1.165, 1.54) is 11.1 Å². The van der Waals surface area contributed by atoms with Crippen LogP contribution in [-0.2, 0) is 16.0 Å². The van der Waals surface area contributed by atoms with Crippen LogP contribution >= 0.6 is 0 Å². The summed E-state index contributed by atoms with van der Waals surface area (Å²) in [7, 11) is 1.75. The lowest BCUT2D eigenvalue weighted by atomic mass is 9.94. The molecule has 0 spiro atoms. The zero-order valence-corrected chi connectivity index (χ0v) is 14.6. The summed E-state index contributed by atoms with van der Waals surface area (Å²) in [5, 5.41) is 3.00. The zero-order valence-electron chi connectivity index (χ0n) is 14.6. The van der Waals surface area contributed by atoms with Gasteiger partial charge in [0.25, 0.3) is 0 Å². The molecule has 0 saturated carbocycles. The Bertz CT molecular complexity index is 761. The number of likely N-dealkylation sites (tertiary alicyclic amines) is 1. The van der Waals surface area contributed by atoms with Crippen LogP contribution in [0.1, 0.15) is 29.2 Å². The molecule has 5 heteroatoms. The van der Waals surface area contributed by atoms with Crippen molar-refractivity contribution in [2.45, 2.75) is 25.8 Å². The van der Waals surface area contributed by atoms with E-state index < -0.39 is 0 Å². The van der Waals surface area contributed by atoms with E-state index >= 15 is 0 Å². The summed E-state index contributed by atoms with van der Waals surface area (Å²) in [5.41, 5.74) is 3.35. The largest absolute Gasteiger partial charge is 0.355 e. The maximum Gasteiger partial charge on any atom is 0.226 e. The van der Waals surface area contributed by atoms with E-state index in [4.69, 9.17) is 0 Å². The maximum atomic E-state index is 12.7. The average Bonchev–Trinajstić information content (AvgIpc) is 2.92. The Labute approximate surface area is 148 Å². The van der Waals surface area contributed by atoms with Gasteiger partial charge in [0.1, 0.15) is 0 Å². The van der Waals surface area contributed by atoms with Crippen LogP contribution in [0.3, 0.4) is 0 Å². The first-order valence-electron chi connectivity index (χ1n) is 8.55. The van der Waals surface area contributed by atoms with Gasteiger partial charge in [-0.05, 0) is 36.1 Å². The van der Waals surface area contributed by atoms with Crippen LogP contribution in [0, 0.1) is 12.8 Å².